The van der Waals surface area contributed by atoms with Crippen molar-refractivity contribution in [3.05, 3.63) is 0 Å². The first kappa shape index (κ1) is 13.4. The number of nitrogens with zero attached hydrogens (tertiary/aromatic N) is 1. The lowest BCUT2D eigenvalue weighted by molar-refractivity contribution is -0.138. The summed E-state index contributed by atoms with van der Waals surface area (Å²) in [6.45, 7) is 3.32. The summed E-state index contributed by atoms with van der Waals surface area (Å²) in [5.74, 6) is -0.109. The number of likely N-dealkylation sites (N-methyl/N-ethyl adjacent to an activating group) is 1. The molecule has 0 aromatic carbocycles. The first-order chi connectivity index (χ1) is 7.48. The van der Waals surface area contributed by atoms with Crippen molar-refractivity contribution in [2.24, 2.45) is 5.73 Å². The Balaban J connectivity index is 2.49. The molecule has 0 aromatic heterocycles. The number of amides is 1. The van der Waals surface area contributed by atoms with E-state index in [2.05, 4.69) is 0 Å². The van der Waals surface area contributed by atoms with Crippen molar-refractivity contribution in [3.8, 4) is 0 Å². The smallest absolute Gasteiger partial charge is 0.239 e. The van der Waals surface area contributed by atoms with Gasteiger partial charge in [0.2, 0.25) is 5.91 Å². The Hall–Kier alpha value is -0.650. The average Bonchev–Trinajstić information content (AvgIpc) is 2.27. The monoisotopic (exact) mass is 230 g/mol. The van der Waals surface area contributed by atoms with Crippen molar-refractivity contribution in [1.82, 2.24) is 4.90 Å². The van der Waals surface area contributed by atoms with Crippen molar-refractivity contribution in [2.75, 3.05) is 26.8 Å². The van der Waals surface area contributed by atoms with Crippen LogP contribution in [0.5, 0.6) is 0 Å². The fourth-order valence-corrected chi connectivity index (χ4v) is 1.89. The van der Waals surface area contributed by atoms with Crippen LogP contribution in [0.1, 0.15) is 26.2 Å². The Morgan fingerprint density at radius 3 is 2.62 bits per heavy atom. The fraction of sp³-hybridized carbons (Fsp3) is 0.909. The Morgan fingerprint density at radius 2 is 2.12 bits per heavy atom. The maximum absolute atomic E-state index is 11.7. The van der Waals surface area contributed by atoms with Gasteiger partial charge in [-0.25, -0.2) is 0 Å². The molecular formula is C11H22N2O3. The zero-order valence-corrected chi connectivity index (χ0v) is 10.1. The largest absolute Gasteiger partial charge is 0.388 e. The van der Waals surface area contributed by atoms with E-state index in [1.807, 2.05) is 6.92 Å². The molecule has 1 aliphatic rings. The summed E-state index contributed by atoms with van der Waals surface area (Å²) in [4.78, 5) is 13.3. The molecule has 1 aliphatic heterocycles. The molecule has 1 atom stereocenters. The summed E-state index contributed by atoms with van der Waals surface area (Å²) in [5, 5.41) is 10.2. The van der Waals surface area contributed by atoms with Crippen molar-refractivity contribution < 1.29 is 14.6 Å². The second-order valence-electron chi connectivity index (χ2n) is 4.55. The molecule has 5 heteroatoms. The minimum atomic E-state index is -0.809. The third-order valence-electron chi connectivity index (χ3n) is 3.09. The molecule has 0 saturated carbocycles. The number of rotatable bonds is 4. The molecule has 1 heterocycles. The normalized spacial score (nSPS) is 21.5. The first-order valence-electron chi connectivity index (χ1n) is 5.79. The SMILES string of the molecule is CCC(N)C(=O)N(C)CC1(O)CCOCC1. The molecule has 0 aromatic rings. The molecule has 1 saturated heterocycles. The molecule has 0 aliphatic carbocycles. The second-order valence-corrected chi connectivity index (χ2v) is 4.55. The number of carbonyl (C=O) groups excluding carboxylic acids is 1. The Labute approximate surface area is 96.6 Å². The van der Waals surface area contributed by atoms with Crippen molar-refractivity contribution >= 4 is 5.91 Å². The van der Waals surface area contributed by atoms with Gasteiger partial charge in [0.25, 0.3) is 0 Å². The van der Waals surface area contributed by atoms with Crippen LogP contribution in [0, 0.1) is 0 Å². The molecule has 16 heavy (non-hydrogen) atoms. The van der Waals surface area contributed by atoms with Crippen molar-refractivity contribution in [2.45, 2.75) is 37.8 Å². The highest BCUT2D eigenvalue weighted by Crippen LogP contribution is 2.21. The minimum absolute atomic E-state index is 0.109. The molecule has 0 bridgehead atoms. The molecule has 0 spiro atoms. The van der Waals surface area contributed by atoms with Gasteiger partial charge in [0.15, 0.2) is 0 Å². The molecule has 1 fully saturated rings. The Bertz CT molecular complexity index is 239. The van der Waals surface area contributed by atoms with Crippen LogP contribution in [0.3, 0.4) is 0 Å². The number of carbonyl (C=O) groups is 1. The number of ether oxygens (including phenoxy) is 1. The maximum atomic E-state index is 11.7. The van der Waals surface area contributed by atoms with E-state index in [0.717, 1.165) is 0 Å². The highest BCUT2D eigenvalue weighted by Gasteiger charge is 2.33. The molecule has 5 nitrogen and oxygen atoms in total. The predicted molar refractivity (Wildman–Crippen MR) is 60.9 cm³/mol. The van der Waals surface area contributed by atoms with Crippen LogP contribution in [0.15, 0.2) is 0 Å². The second kappa shape index (κ2) is 5.61. The molecule has 1 unspecified atom stereocenters. The lowest BCUT2D eigenvalue weighted by Gasteiger charge is -2.36. The van der Waals surface area contributed by atoms with Crippen LogP contribution in [0.2, 0.25) is 0 Å². The van der Waals surface area contributed by atoms with Crippen LogP contribution in [-0.2, 0) is 9.53 Å². The number of nitrogens with two attached hydrogens (primary N) is 1. The summed E-state index contributed by atoms with van der Waals surface area (Å²) in [6, 6.07) is -0.464. The molecule has 1 rings (SSSR count). The maximum Gasteiger partial charge on any atom is 0.239 e. The van der Waals surface area contributed by atoms with E-state index >= 15 is 0 Å². The zero-order chi connectivity index (χ0) is 12.2. The Kier molecular flexibility index (Phi) is 4.70. The van der Waals surface area contributed by atoms with Gasteiger partial charge in [-0.1, -0.05) is 6.92 Å². The predicted octanol–water partition coefficient (Wildman–Crippen LogP) is -0.276. The molecular weight excluding hydrogens is 208 g/mol. The third kappa shape index (κ3) is 3.43. The van der Waals surface area contributed by atoms with E-state index in [1.165, 1.54) is 4.90 Å². The van der Waals surface area contributed by atoms with Gasteiger partial charge < -0.3 is 20.5 Å². The fourth-order valence-electron chi connectivity index (χ4n) is 1.89. The van der Waals surface area contributed by atoms with E-state index in [1.54, 1.807) is 7.05 Å². The van der Waals surface area contributed by atoms with E-state index in [9.17, 15) is 9.90 Å². The lowest BCUT2D eigenvalue weighted by atomic mass is 9.93. The first-order valence-corrected chi connectivity index (χ1v) is 5.79. The third-order valence-corrected chi connectivity index (χ3v) is 3.09. The van der Waals surface area contributed by atoms with Crippen molar-refractivity contribution in [1.29, 1.82) is 0 Å². The number of hydrogen-bond donors (Lipinski definition) is 2. The van der Waals surface area contributed by atoms with Crippen LogP contribution in [-0.4, -0.2) is 54.4 Å². The van der Waals surface area contributed by atoms with Gasteiger partial charge >= 0.3 is 0 Å². The summed E-state index contributed by atoms with van der Waals surface area (Å²) >= 11 is 0. The summed E-state index contributed by atoms with van der Waals surface area (Å²) in [5.41, 5.74) is 4.86. The van der Waals surface area contributed by atoms with Crippen molar-refractivity contribution in [3.63, 3.8) is 0 Å². The van der Waals surface area contributed by atoms with Gasteiger partial charge in [0, 0.05) is 39.6 Å². The van der Waals surface area contributed by atoms with E-state index in [4.69, 9.17) is 10.5 Å². The number of aliphatic hydroxyl groups is 1. The van der Waals surface area contributed by atoms with Gasteiger partial charge in [-0.3, -0.25) is 4.79 Å². The lowest BCUT2D eigenvalue weighted by Crippen LogP contribution is -2.50. The number of hydrogen-bond acceptors (Lipinski definition) is 4. The molecule has 0 radical (unpaired) electrons. The summed E-state index contributed by atoms with van der Waals surface area (Å²) < 4.78 is 5.19. The summed E-state index contributed by atoms with van der Waals surface area (Å²) in [6.07, 6.45) is 1.77. The van der Waals surface area contributed by atoms with E-state index in [0.29, 0.717) is 39.0 Å². The molecule has 94 valence electrons. The van der Waals surface area contributed by atoms with Gasteiger partial charge in [0.1, 0.15) is 0 Å². The topological polar surface area (TPSA) is 75.8 Å². The highest BCUT2D eigenvalue weighted by molar-refractivity contribution is 5.81. The van der Waals surface area contributed by atoms with Gasteiger partial charge in [-0.2, -0.15) is 0 Å². The van der Waals surface area contributed by atoms with Crippen LogP contribution >= 0.6 is 0 Å². The van der Waals surface area contributed by atoms with E-state index < -0.39 is 11.6 Å². The summed E-state index contributed by atoms with van der Waals surface area (Å²) in [7, 11) is 1.69. The average molecular weight is 230 g/mol. The van der Waals surface area contributed by atoms with Gasteiger partial charge in [0.05, 0.1) is 11.6 Å². The highest BCUT2D eigenvalue weighted by atomic mass is 16.5. The standard InChI is InChI=1S/C11H22N2O3/c1-3-9(12)10(14)13(2)8-11(15)4-6-16-7-5-11/h9,15H,3-8,12H2,1-2H3. The Morgan fingerprint density at radius 1 is 1.56 bits per heavy atom. The molecule has 3 N–H and O–H groups in total. The van der Waals surface area contributed by atoms with Crippen LogP contribution in [0.4, 0.5) is 0 Å². The van der Waals surface area contributed by atoms with Crippen LogP contribution in [0.25, 0.3) is 0 Å². The van der Waals surface area contributed by atoms with Crippen LogP contribution < -0.4 is 5.73 Å². The quantitative estimate of drug-likeness (QED) is 0.696. The zero-order valence-electron chi connectivity index (χ0n) is 10.1. The van der Waals surface area contributed by atoms with E-state index in [-0.39, 0.29) is 5.91 Å². The van der Waals surface area contributed by atoms with Gasteiger partial charge in [-0.15, -0.1) is 0 Å². The molecule has 1 amide bonds. The minimum Gasteiger partial charge on any atom is -0.388 e. The van der Waals surface area contributed by atoms with Gasteiger partial charge in [-0.05, 0) is 6.42 Å².